The van der Waals surface area contributed by atoms with Crippen LogP contribution < -0.4 is 5.73 Å². The van der Waals surface area contributed by atoms with Crippen molar-refractivity contribution in [3.63, 3.8) is 0 Å². The molecule has 0 aliphatic rings. The van der Waals surface area contributed by atoms with E-state index in [1.807, 2.05) is 12.1 Å². The fourth-order valence-corrected chi connectivity index (χ4v) is 1.81. The summed E-state index contributed by atoms with van der Waals surface area (Å²) in [5.41, 5.74) is 7.83. The Labute approximate surface area is 96.8 Å². The zero-order valence-corrected chi connectivity index (χ0v) is 10.6. The van der Waals surface area contributed by atoms with E-state index in [0.29, 0.717) is 17.2 Å². The molecule has 0 saturated heterocycles. The number of anilines is 1. The smallest absolute Gasteiger partial charge is 0.200 e. The van der Waals surface area contributed by atoms with Crippen LogP contribution in [-0.4, -0.2) is 4.98 Å². The van der Waals surface area contributed by atoms with Gasteiger partial charge < -0.3 is 10.2 Å². The molecule has 15 heavy (non-hydrogen) atoms. The summed E-state index contributed by atoms with van der Waals surface area (Å²) < 4.78 is 6.58. The van der Waals surface area contributed by atoms with Crippen molar-refractivity contribution in [1.29, 1.82) is 0 Å². The van der Waals surface area contributed by atoms with Crippen LogP contribution in [0.4, 0.5) is 5.69 Å². The maximum absolute atomic E-state index is 5.85. The highest BCUT2D eigenvalue weighted by Crippen LogP contribution is 2.31. The summed E-state index contributed by atoms with van der Waals surface area (Å²) in [7, 11) is 0. The lowest BCUT2D eigenvalue weighted by atomic mass is 9.97. The van der Waals surface area contributed by atoms with Gasteiger partial charge in [0.05, 0.1) is 5.69 Å². The van der Waals surface area contributed by atoms with Crippen LogP contribution in [0.5, 0.6) is 0 Å². The van der Waals surface area contributed by atoms with E-state index in [1.165, 1.54) is 0 Å². The van der Waals surface area contributed by atoms with Crippen LogP contribution in [0.15, 0.2) is 21.0 Å². The van der Waals surface area contributed by atoms with E-state index in [-0.39, 0.29) is 5.41 Å². The fourth-order valence-electron chi connectivity index (χ4n) is 1.34. The molecule has 1 aromatic heterocycles. The molecule has 0 fully saturated rings. The van der Waals surface area contributed by atoms with Gasteiger partial charge in [0, 0.05) is 9.89 Å². The summed E-state index contributed by atoms with van der Waals surface area (Å²) >= 11 is 3.38. The number of hydrogen-bond acceptors (Lipinski definition) is 3. The first-order valence-electron chi connectivity index (χ1n) is 4.74. The molecule has 2 aromatic rings. The number of hydrogen-bond donors (Lipinski definition) is 1. The third-order valence-corrected chi connectivity index (χ3v) is 2.58. The molecule has 0 amide bonds. The second-order valence-corrected chi connectivity index (χ2v) is 5.53. The lowest BCUT2D eigenvalue weighted by Crippen LogP contribution is -2.10. The monoisotopic (exact) mass is 268 g/mol. The van der Waals surface area contributed by atoms with Gasteiger partial charge in [-0.15, -0.1) is 0 Å². The molecule has 0 unspecified atom stereocenters. The number of halogens is 1. The number of rotatable bonds is 0. The summed E-state index contributed by atoms with van der Waals surface area (Å²) in [5.74, 6) is 0.710. The number of oxazole rings is 1. The van der Waals surface area contributed by atoms with Crippen molar-refractivity contribution in [2.24, 2.45) is 0 Å². The molecule has 3 nitrogen and oxygen atoms in total. The van der Waals surface area contributed by atoms with Crippen molar-refractivity contribution < 1.29 is 4.42 Å². The van der Waals surface area contributed by atoms with Crippen LogP contribution in [0.3, 0.4) is 0 Å². The van der Waals surface area contributed by atoms with Gasteiger partial charge in [-0.3, -0.25) is 0 Å². The normalized spacial score (nSPS) is 12.3. The molecule has 80 valence electrons. The molecule has 0 saturated carbocycles. The maximum atomic E-state index is 5.85. The number of benzene rings is 1. The van der Waals surface area contributed by atoms with Gasteiger partial charge in [0.15, 0.2) is 5.58 Å². The Morgan fingerprint density at radius 3 is 2.60 bits per heavy atom. The lowest BCUT2D eigenvalue weighted by molar-refractivity contribution is 0.411. The highest BCUT2D eigenvalue weighted by atomic mass is 79.9. The summed E-state index contributed by atoms with van der Waals surface area (Å²) in [5, 5.41) is 0. The molecule has 0 atom stereocenters. The third kappa shape index (κ3) is 1.86. The minimum absolute atomic E-state index is 0.0993. The van der Waals surface area contributed by atoms with E-state index in [2.05, 4.69) is 41.7 Å². The minimum atomic E-state index is -0.0993. The topological polar surface area (TPSA) is 52.0 Å². The van der Waals surface area contributed by atoms with Gasteiger partial charge in [-0.1, -0.05) is 36.7 Å². The van der Waals surface area contributed by atoms with Gasteiger partial charge in [0.1, 0.15) is 5.52 Å². The first kappa shape index (κ1) is 10.5. The highest BCUT2D eigenvalue weighted by molar-refractivity contribution is 9.10. The Morgan fingerprint density at radius 1 is 1.33 bits per heavy atom. The van der Waals surface area contributed by atoms with Crippen molar-refractivity contribution in [2.75, 3.05) is 5.73 Å². The average molecular weight is 269 g/mol. The van der Waals surface area contributed by atoms with Gasteiger partial charge in [-0.2, -0.15) is 0 Å². The fraction of sp³-hybridized carbons (Fsp3) is 0.364. The Balaban J connectivity index is 2.71. The van der Waals surface area contributed by atoms with E-state index in [4.69, 9.17) is 10.2 Å². The molecule has 2 rings (SSSR count). The van der Waals surface area contributed by atoms with Crippen molar-refractivity contribution in [2.45, 2.75) is 26.2 Å². The molecular formula is C11H13BrN2O. The molecular weight excluding hydrogens is 256 g/mol. The zero-order chi connectivity index (χ0) is 11.2. The largest absolute Gasteiger partial charge is 0.438 e. The van der Waals surface area contributed by atoms with Crippen LogP contribution in [0, 0.1) is 0 Å². The molecule has 4 heteroatoms. The van der Waals surface area contributed by atoms with Crippen molar-refractivity contribution in [1.82, 2.24) is 4.98 Å². The van der Waals surface area contributed by atoms with E-state index in [0.717, 1.165) is 9.99 Å². The molecule has 1 heterocycles. The minimum Gasteiger partial charge on any atom is -0.438 e. The van der Waals surface area contributed by atoms with Gasteiger partial charge in [-0.25, -0.2) is 4.98 Å². The third-order valence-electron chi connectivity index (χ3n) is 2.13. The van der Waals surface area contributed by atoms with Crippen molar-refractivity contribution in [3.05, 3.63) is 22.5 Å². The summed E-state index contributed by atoms with van der Waals surface area (Å²) in [6.07, 6.45) is 0. The number of fused-ring (bicyclic) bond motifs is 1. The molecule has 0 aliphatic carbocycles. The second-order valence-electron chi connectivity index (χ2n) is 4.61. The maximum Gasteiger partial charge on any atom is 0.200 e. The van der Waals surface area contributed by atoms with Crippen LogP contribution in [0.2, 0.25) is 0 Å². The predicted molar refractivity (Wildman–Crippen MR) is 64.8 cm³/mol. The molecule has 0 aliphatic heterocycles. The number of aromatic nitrogens is 1. The Kier molecular flexibility index (Phi) is 2.26. The van der Waals surface area contributed by atoms with Crippen LogP contribution >= 0.6 is 15.9 Å². The van der Waals surface area contributed by atoms with Gasteiger partial charge in [-0.05, 0) is 12.1 Å². The predicted octanol–water partition coefficient (Wildman–Crippen LogP) is 3.47. The zero-order valence-electron chi connectivity index (χ0n) is 8.97. The quantitative estimate of drug-likeness (QED) is 0.745. The number of nitrogens with two attached hydrogens (primary N) is 1. The van der Waals surface area contributed by atoms with Crippen LogP contribution in [0.25, 0.3) is 11.1 Å². The molecule has 0 bridgehead atoms. The standard InChI is InChI=1S/C11H13BrN2O/c1-11(2,3)10-14-8-5-6(12)4-7(13)9(8)15-10/h4-5H,13H2,1-3H3. The SMILES string of the molecule is CC(C)(C)c1nc2cc(Br)cc(N)c2o1. The van der Waals surface area contributed by atoms with E-state index < -0.39 is 0 Å². The molecule has 0 spiro atoms. The molecule has 2 N–H and O–H groups in total. The van der Waals surface area contributed by atoms with Gasteiger partial charge in [0.2, 0.25) is 5.89 Å². The van der Waals surface area contributed by atoms with E-state index >= 15 is 0 Å². The van der Waals surface area contributed by atoms with E-state index in [1.54, 1.807) is 0 Å². The molecule has 1 aromatic carbocycles. The summed E-state index contributed by atoms with van der Waals surface area (Å²) in [6.45, 7) is 6.18. The first-order valence-corrected chi connectivity index (χ1v) is 5.53. The Hall–Kier alpha value is -1.03. The van der Waals surface area contributed by atoms with Crippen LogP contribution in [-0.2, 0) is 5.41 Å². The summed E-state index contributed by atoms with van der Waals surface area (Å²) in [4.78, 5) is 4.43. The summed E-state index contributed by atoms with van der Waals surface area (Å²) in [6, 6.07) is 3.73. The lowest BCUT2D eigenvalue weighted by Gasteiger charge is -2.11. The second kappa shape index (κ2) is 3.23. The van der Waals surface area contributed by atoms with Crippen molar-refractivity contribution in [3.8, 4) is 0 Å². The van der Waals surface area contributed by atoms with Gasteiger partial charge in [0.25, 0.3) is 0 Å². The van der Waals surface area contributed by atoms with Gasteiger partial charge >= 0.3 is 0 Å². The van der Waals surface area contributed by atoms with Crippen LogP contribution in [0.1, 0.15) is 26.7 Å². The first-order chi connectivity index (χ1) is 6.88. The number of nitrogen functional groups attached to an aromatic ring is 1. The Bertz CT molecular complexity index is 511. The van der Waals surface area contributed by atoms with E-state index in [9.17, 15) is 0 Å². The number of nitrogens with zero attached hydrogens (tertiary/aromatic N) is 1. The van der Waals surface area contributed by atoms with Crippen molar-refractivity contribution >= 4 is 32.7 Å². The highest BCUT2D eigenvalue weighted by Gasteiger charge is 2.21. The molecule has 0 radical (unpaired) electrons. The average Bonchev–Trinajstić information content (AvgIpc) is 2.46. The Morgan fingerprint density at radius 2 is 2.00 bits per heavy atom.